The molecule has 0 aromatic heterocycles. The third kappa shape index (κ3) is 4.32. The molecule has 0 aliphatic heterocycles. The summed E-state index contributed by atoms with van der Waals surface area (Å²) in [6, 6.07) is 0. The summed E-state index contributed by atoms with van der Waals surface area (Å²) < 4.78 is 4.40. The molecule has 1 atom stereocenters. The van der Waals surface area contributed by atoms with Gasteiger partial charge in [-0.2, -0.15) is 0 Å². The molecule has 64 valence electrons. The highest BCUT2D eigenvalue weighted by molar-refractivity contribution is 5.81. The number of ether oxygens (including phenoxy) is 1. The topological polar surface area (TPSA) is 75.6 Å². The molecule has 11 heavy (non-hydrogen) atoms. The van der Waals surface area contributed by atoms with Crippen LogP contribution in [0.1, 0.15) is 13.8 Å². The average molecular weight is 161 g/mol. The van der Waals surface area contributed by atoms with Gasteiger partial charge in [0, 0.05) is 6.92 Å². The van der Waals surface area contributed by atoms with Gasteiger partial charge in [-0.3, -0.25) is 4.79 Å². The van der Waals surface area contributed by atoms with Crippen molar-refractivity contribution in [2.24, 2.45) is 0 Å². The van der Waals surface area contributed by atoms with Crippen molar-refractivity contribution in [2.45, 2.75) is 20.1 Å². The van der Waals surface area contributed by atoms with Crippen molar-refractivity contribution in [1.82, 2.24) is 5.32 Å². The molecular formula is C6H11NO4. The molecule has 0 aliphatic rings. The number of carbonyl (C=O) groups excluding carboxylic acids is 2. The standard InChI is InChI=1S/C6H11NO4/c1-3-11-6(10)5(9)7-4(2)8/h5,9H,3H2,1-2H3,(H,7,8)/t5-/m0/s1. The molecule has 0 radical (unpaired) electrons. The highest BCUT2D eigenvalue weighted by Crippen LogP contribution is 1.83. The molecular weight excluding hydrogens is 150 g/mol. The van der Waals surface area contributed by atoms with E-state index in [1.807, 2.05) is 5.32 Å². The van der Waals surface area contributed by atoms with Gasteiger partial charge in [-0.15, -0.1) is 0 Å². The van der Waals surface area contributed by atoms with E-state index in [9.17, 15) is 9.59 Å². The summed E-state index contributed by atoms with van der Waals surface area (Å²) in [4.78, 5) is 20.9. The number of hydrogen-bond acceptors (Lipinski definition) is 4. The van der Waals surface area contributed by atoms with E-state index in [0.717, 1.165) is 0 Å². The van der Waals surface area contributed by atoms with Gasteiger partial charge >= 0.3 is 5.97 Å². The van der Waals surface area contributed by atoms with Crippen molar-refractivity contribution in [1.29, 1.82) is 0 Å². The van der Waals surface area contributed by atoms with Gasteiger partial charge in [0.15, 0.2) is 0 Å². The number of rotatable bonds is 3. The molecule has 0 unspecified atom stereocenters. The van der Waals surface area contributed by atoms with Crippen LogP contribution in [0.2, 0.25) is 0 Å². The quantitative estimate of drug-likeness (QED) is 0.411. The predicted molar refractivity (Wildman–Crippen MR) is 36.5 cm³/mol. The van der Waals surface area contributed by atoms with Gasteiger partial charge in [-0.05, 0) is 6.92 Å². The Hall–Kier alpha value is -1.10. The van der Waals surface area contributed by atoms with E-state index < -0.39 is 18.1 Å². The Kier molecular flexibility index (Phi) is 4.21. The Morgan fingerprint density at radius 2 is 2.18 bits per heavy atom. The molecule has 0 spiro atoms. The highest BCUT2D eigenvalue weighted by Gasteiger charge is 2.15. The van der Waals surface area contributed by atoms with E-state index in [1.165, 1.54) is 6.92 Å². The SMILES string of the molecule is CCOC(=O)[C@H](O)NC(C)=O. The van der Waals surface area contributed by atoms with Crippen molar-refractivity contribution >= 4 is 11.9 Å². The number of aliphatic hydroxyl groups excluding tert-OH is 1. The monoisotopic (exact) mass is 161 g/mol. The Morgan fingerprint density at radius 3 is 2.55 bits per heavy atom. The molecule has 0 bridgehead atoms. The van der Waals surface area contributed by atoms with Crippen molar-refractivity contribution < 1.29 is 19.4 Å². The maximum atomic E-state index is 10.6. The van der Waals surface area contributed by atoms with Crippen LogP contribution in [0.3, 0.4) is 0 Å². The van der Waals surface area contributed by atoms with Crippen molar-refractivity contribution in [3.8, 4) is 0 Å². The summed E-state index contributed by atoms with van der Waals surface area (Å²) in [7, 11) is 0. The second-order valence-electron chi connectivity index (χ2n) is 1.86. The van der Waals surface area contributed by atoms with Gasteiger partial charge in [0.25, 0.3) is 0 Å². The molecule has 0 saturated carbocycles. The van der Waals surface area contributed by atoms with E-state index in [-0.39, 0.29) is 6.61 Å². The second-order valence-corrected chi connectivity index (χ2v) is 1.86. The minimum Gasteiger partial charge on any atom is -0.463 e. The first-order valence-corrected chi connectivity index (χ1v) is 3.19. The fourth-order valence-electron chi connectivity index (χ4n) is 0.473. The summed E-state index contributed by atoms with van der Waals surface area (Å²) in [6.07, 6.45) is -1.55. The van der Waals surface area contributed by atoms with Crippen LogP contribution < -0.4 is 5.32 Å². The lowest BCUT2D eigenvalue weighted by Gasteiger charge is -2.08. The van der Waals surface area contributed by atoms with E-state index in [0.29, 0.717) is 0 Å². The molecule has 0 heterocycles. The van der Waals surface area contributed by atoms with Gasteiger partial charge in [0.1, 0.15) is 0 Å². The van der Waals surface area contributed by atoms with E-state index >= 15 is 0 Å². The maximum Gasteiger partial charge on any atom is 0.356 e. The van der Waals surface area contributed by atoms with E-state index in [4.69, 9.17) is 5.11 Å². The number of amides is 1. The molecule has 5 nitrogen and oxygen atoms in total. The molecule has 0 aromatic rings. The lowest BCUT2D eigenvalue weighted by Crippen LogP contribution is -2.40. The molecule has 0 fully saturated rings. The van der Waals surface area contributed by atoms with Crippen LogP contribution >= 0.6 is 0 Å². The lowest BCUT2D eigenvalue weighted by atomic mass is 10.5. The van der Waals surface area contributed by atoms with Crippen LogP contribution in [-0.2, 0) is 14.3 Å². The molecule has 5 heteroatoms. The van der Waals surface area contributed by atoms with Gasteiger partial charge < -0.3 is 15.2 Å². The van der Waals surface area contributed by atoms with Gasteiger partial charge in [0.05, 0.1) is 6.61 Å². The van der Waals surface area contributed by atoms with E-state index in [1.54, 1.807) is 6.92 Å². The Bertz CT molecular complexity index is 157. The minimum atomic E-state index is -1.55. The Labute approximate surface area is 64.3 Å². The average Bonchev–Trinajstić information content (AvgIpc) is 1.86. The van der Waals surface area contributed by atoms with E-state index in [2.05, 4.69) is 4.74 Å². The fourth-order valence-corrected chi connectivity index (χ4v) is 0.473. The molecule has 0 rings (SSSR count). The fraction of sp³-hybridized carbons (Fsp3) is 0.667. The second kappa shape index (κ2) is 4.68. The molecule has 0 saturated heterocycles. The Balaban J connectivity index is 3.73. The Morgan fingerprint density at radius 1 is 1.64 bits per heavy atom. The number of hydrogen-bond donors (Lipinski definition) is 2. The zero-order valence-electron chi connectivity index (χ0n) is 6.46. The third-order valence-electron chi connectivity index (χ3n) is 0.850. The zero-order valence-corrected chi connectivity index (χ0v) is 6.46. The number of carbonyl (C=O) groups is 2. The first kappa shape index (κ1) is 9.90. The molecule has 0 aromatic carbocycles. The summed E-state index contributed by atoms with van der Waals surface area (Å²) in [5.74, 6) is -1.33. The van der Waals surface area contributed by atoms with Crippen LogP contribution in [0.5, 0.6) is 0 Å². The van der Waals surface area contributed by atoms with Crippen LogP contribution in [0.4, 0.5) is 0 Å². The van der Waals surface area contributed by atoms with Crippen LogP contribution in [0.25, 0.3) is 0 Å². The summed E-state index contributed by atoms with van der Waals surface area (Å²) in [5.41, 5.74) is 0. The molecule has 0 aliphatic carbocycles. The molecule has 2 N–H and O–H groups in total. The summed E-state index contributed by atoms with van der Waals surface area (Å²) in [6.45, 7) is 2.98. The normalized spacial score (nSPS) is 11.9. The number of nitrogens with one attached hydrogen (secondary N) is 1. The lowest BCUT2D eigenvalue weighted by molar-refractivity contribution is -0.156. The minimum absolute atomic E-state index is 0.176. The highest BCUT2D eigenvalue weighted by atomic mass is 16.5. The van der Waals surface area contributed by atoms with Gasteiger partial charge in [-0.25, -0.2) is 4.79 Å². The van der Waals surface area contributed by atoms with Crippen LogP contribution in [0, 0.1) is 0 Å². The van der Waals surface area contributed by atoms with Crippen molar-refractivity contribution in [3.63, 3.8) is 0 Å². The van der Waals surface area contributed by atoms with Gasteiger partial charge in [0.2, 0.25) is 12.1 Å². The zero-order chi connectivity index (χ0) is 8.85. The first-order valence-electron chi connectivity index (χ1n) is 3.19. The van der Waals surface area contributed by atoms with Crippen molar-refractivity contribution in [2.75, 3.05) is 6.61 Å². The smallest absolute Gasteiger partial charge is 0.356 e. The number of aliphatic hydroxyl groups is 1. The van der Waals surface area contributed by atoms with Crippen molar-refractivity contribution in [3.05, 3.63) is 0 Å². The first-order chi connectivity index (χ1) is 5.07. The predicted octanol–water partition coefficient (Wildman–Crippen LogP) is -0.996. The maximum absolute atomic E-state index is 10.6. The van der Waals surface area contributed by atoms with Crippen LogP contribution in [-0.4, -0.2) is 29.8 Å². The summed E-state index contributed by atoms with van der Waals surface area (Å²) >= 11 is 0. The van der Waals surface area contributed by atoms with Crippen LogP contribution in [0.15, 0.2) is 0 Å². The largest absolute Gasteiger partial charge is 0.463 e. The summed E-state index contributed by atoms with van der Waals surface area (Å²) in [5, 5.41) is 10.8. The third-order valence-corrected chi connectivity index (χ3v) is 0.850. The number of esters is 1. The molecule has 1 amide bonds. The van der Waals surface area contributed by atoms with Gasteiger partial charge in [-0.1, -0.05) is 0 Å².